The Morgan fingerprint density at radius 1 is 0.953 bits per heavy atom. The number of carboxylic acids is 1. The first-order valence-corrected chi connectivity index (χ1v) is 15.6. The van der Waals surface area contributed by atoms with Crippen LogP contribution in [0.25, 0.3) is 11.1 Å². The molecule has 3 aromatic rings. The summed E-state index contributed by atoms with van der Waals surface area (Å²) >= 11 is 0. The Balaban J connectivity index is 1.26. The highest BCUT2D eigenvalue weighted by molar-refractivity contribution is 5.78. The van der Waals surface area contributed by atoms with Crippen molar-refractivity contribution in [2.24, 2.45) is 5.73 Å². The molecule has 0 spiro atoms. The number of aliphatic carboxylic acids is 1. The van der Waals surface area contributed by atoms with Crippen molar-refractivity contribution in [3.05, 3.63) is 87.8 Å². The first-order valence-electron chi connectivity index (χ1n) is 15.6. The highest BCUT2D eigenvalue weighted by Crippen LogP contribution is 2.34. The summed E-state index contributed by atoms with van der Waals surface area (Å²) in [6.45, 7) is 5.84. The molecule has 2 aromatic carbocycles. The largest absolute Gasteiger partial charge is 0.493 e. The molecular weight excluding hydrogens is 542 g/mol. The SMILES string of the molecule is Cc1cccc(OCCCCCC[C@@H](C(N)=O)n2cc(CCN3CCCC3)ccc2=O)c1-c1cccc(CCC(=O)O)c1. The van der Waals surface area contributed by atoms with Gasteiger partial charge in [-0.2, -0.15) is 0 Å². The molecule has 43 heavy (non-hydrogen) atoms. The maximum absolute atomic E-state index is 12.6. The van der Waals surface area contributed by atoms with Gasteiger partial charge in [-0.05, 0) is 86.9 Å². The van der Waals surface area contributed by atoms with Gasteiger partial charge in [0.1, 0.15) is 11.8 Å². The lowest BCUT2D eigenvalue weighted by molar-refractivity contribution is -0.137. The maximum Gasteiger partial charge on any atom is 0.303 e. The lowest BCUT2D eigenvalue weighted by Gasteiger charge is -2.19. The number of carbonyl (C=O) groups excluding carboxylic acids is 1. The van der Waals surface area contributed by atoms with Crippen molar-refractivity contribution in [1.29, 1.82) is 0 Å². The van der Waals surface area contributed by atoms with E-state index in [0.29, 0.717) is 19.4 Å². The number of hydrogen-bond donors (Lipinski definition) is 2. The fraction of sp³-hybridized carbons (Fsp3) is 0.457. The number of aromatic nitrogens is 1. The molecule has 0 bridgehead atoms. The van der Waals surface area contributed by atoms with Crippen molar-refractivity contribution in [3.63, 3.8) is 0 Å². The number of carboxylic acid groups (broad SMARTS) is 1. The quantitative estimate of drug-likeness (QED) is 0.201. The Kier molecular flexibility index (Phi) is 12.0. The van der Waals surface area contributed by atoms with Gasteiger partial charge in [0.2, 0.25) is 5.91 Å². The molecule has 1 fully saturated rings. The average Bonchev–Trinajstić information content (AvgIpc) is 3.51. The number of nitrogens with zero attached hydrogens (tertiary/aromatic N) is 2. The summed E-state index contributed by atoms with van der Waals surface area (Å²) in [4.78, 5) is 38.4. The molecule has 1 amide bonds. The van der Waals surface area contributed by atoms with Gasteiger partial charge in [-0.3, -0.25) is 14.4 Å². The summed E-state index contributed by atoms with van der Waals surface area (Å²) < 4.78 is 7.75. The van der Waals surface area contributed by atoms with E-state index in [4.69, 9.17) is 15.6 Å². The molecule has 1 aliphatic heterocycles. The molecule has 4 rings (SSSR count). The number of carbonyl (C=O) groups is 2. The Labute approximate surface area is 254 Å². The molecular formula is C35H45N3O5. The van der Waals surface area contributed by atoms with Crippen LogP contribution in [0, 0.1) is 6.92 Å². The van der Waals surface area contributed by atoms with E-state index < -0.39 is 17.9 Å². The predicted molar refractivity (Wildman–Crippen MR) is 169 cm³/mol. The molecule has 0 radical (unpaired) electrons. The average molecular weight is 588 g/mol. The number of amides is 1. The van der Waals surface area contributed by atoms with E-state index in [2.05, 4.69) is 17.9 Å². The highest BCUT2D eigenvalue weighted by Gasteiger charge is 2.19. The fourth-order valence-electron chi connectivity index (χ4n) is 5.89. The molecule has 8 heteroatoms. The van der Waals surface area contributed by atoms with Crippen LogP contribution in [0.4, 0.5) is 0 Å². The van der Waals surface area contributed by atoms with Crippen LogP contribution in [0.1, 0.15) is 74.1 Å². The molecule has 2 heterocycles. The third kappa shape index (κ3) is 9.55. The molecule has 0 aliphatic carbocycles. The van der Waals surface area contributed by atoms with Crippen LogP contribution in [0.15, 0.2) is 65.6 Å². The summed E-state index contributed by atoms with van der Waals surface area (Å²) in [5.41, 5.74) is 10.7. The van der Waals surface area contributed by atoms with Crippen molar-refractivity contribution in [3.8, 4) is 16.9 Å². The van der Waals surface area contributed by atoms with Crippen molar-refractivity contribution in [2.75, 3.05) is 26.2 Å². The second kappa shape index (κ2) is 16.1. The van der Waals surface area contributed by atoms with Crippen LogP contribution < -0.4 is 16.0 Å². The second-order valence-corrected chi connectivity index (χ2v) is 11.6. The third-order valence-corrected chi connectivity index (χ3v) is 8.29. The van der Waals surface area contributed by atoms with Crippen LogP contribution in [0.3, 0.4) is 0 Å². The molecule has 0 unspecified atom stereocenters. The van der Waals surface area contributed by atoms with Crippen molar-refractivity contribution in [1.82, 2.24) is 9.47 Å². The summed E-state index contributed by atoms with van der Waals surface area (Å²) in [5, 5.41) is 9.04. The third-order valence-electron chi connectivity index (χ3n) is 8.29. The number of likely N-dealkylation sites (tertiary alicyclic amines) is 1. The normalized spacial score (nSPS) is 14.1. The molecule has 1 aliphatic rings. The van der Waals surface area contributed by atoms with E-state index in [1.807, 2.05) is 48.7 Å². The topological polar surface area (TPSA) is 115 Å². The van der Waals surface area contributed by atoms with Gasteiger partial charge < -0.3 is 25.0 Å². The van der Waals surface area contributed by atoms with E-state index in [1.165, 1.54) is 17.4 Å². The van der Waals surface area contributed by atoms with E-state index in [0.717, 1.165) is 85.3 Å². The number of pyridine rings is 1. The minimum atomic E-state index is -0.804. The number of aryl methyl sites for hydroxylation is 2. The van der Waals surface area contributed by atoms with Gasteiger partial charge in [0.25, 0.3) is 5.56 Å². The van der Waals surface area contributed by atoms with Crippen molar-refractivity contribution in [2.45, 2.75) is 77.2 Å². The van der Waals surface area contributed by atoms with Gasteiger partial charge in [-0.15, -0.1) is 0 Å². The molecule has 8 nitrogen and oxygen atoms in total. The van der Waals surface area contributed by atoms with E-state index >= 15 is 0 Å². The fourth-order valence-corrected chi connectivity index (χ4v) is 5.89. The monoisotopic (exact) mass is 587 g/mol. The van der Waals surface area contributed by atoms with Crippen molar-refractivity contribution < 1.29 is 19.4 Å². The van der Waals surface area contributed by atoms with Gasteiger partial charge in [0.05, 0.1) is 6.61 Å². The summed E-state index contributed by atoms with van der Waals surface area (Å²) in [6.07, 6.45) is 9.77. The molecule has 0 saturated carbocycles. The van der Waals surface area contributed by atoms with E-state index in [1.54, 1.807) is 6.07 Å². The smallest absolute Gasteiger partial charge is 0.303 e. The Hall–Kier alpha value is -3.91. The van der Waals surface area contributed by atoms with Gasteiger partial charge in [0, 0.05) is 30.8 Å². The molecule has 3 N–H and O–H groups in total. The number of hydrogen-bond acceptors (Lipinski definition) is 5. The first kappa shape index (κ1) is 32.0. The standard InChI is InChI=1S/C35H45N3O5/c1-26-10-8-14-31(34(26)29-12-9-11-27(24-29)16-18-33(40)41)43-23-7-3-2-4-13-30(35(36)42)38-25-28(15-17-32(38)39)19-22-37-20-5-6-21-37/h8-12,14-15,17,24-25,30H,2-7,13,16,18-23H2,1H3,(H2,36,42)(H,40,41)/t30-/m0/s1. The second-order valence-electron chi connectivity index (χ2n) is 11.6. The molecule has 1 saturated heterocycles. The predicted octanol–water partition coefficient (Wildman–Crippen LogP) is 5.54. The van der Waals surface area contributed by atoms with Gasteiger partial charge in [0.15, 0.2) is 0 Å². The van der Waals surface area contributed by atoms with Crippen LogP contribution in [0.2, 0.25) is 0 Å². The Morgan fingerprint density at radius 3 is 2.49 bits per heavy atom. The number of primary amides is 1. The minimum Gasteiger partial charge on any atom is -0.493 e. The van der Waals surface area contributed by atoms with Crippen LogP contribution in [-0.4, -0.2) is 52.7 Å². The van der Waals surface area contributed by atoms with Gasteiger partial charge in [-0.1, -0.05) is 61.7 Å². The highest BCUT2D eigenvalue weighted by atomic mass is 16.5. The number of unbranched alkanes of at least 4 members (excludes halogenated alkanes) is 3. The number of ether oxygens (including phenoxy) is 1. The molecule has 1 aromatic heterocycles. The lowest BCUT2D eigenvalue weighted by Crippen LogP contribution is -2.33. The summed E-state index contributed by atoms with van der Waals surface area (Å²) in [5.74, 6) is -0.462. The van der Waals surface area contributed by atoms with Crippen LogP contribution in [0.5, 0.6) is 5.75 Å². The zero-order valence-electron chi connectivity index (χ0n) is 25.3. The first-order chi connectivity index (χ1) is 20.8. The lowest BCUT2D eigenvalue weighted by atomic mass is 9.96. The van der Waals surface area contributed by atoms with Gasteiger partial charge >= 0.3 is 5.97 Å². The van der Waals surface area contributed by atoms with E-state index in [-0.39, 0.29) is 12.0 Å². The number of benzene rings is 2. The number of nitrogens with two attached hydrogens (primary N) is 1. The maximum atomic E-state index is 12.6. The zero-order chi connectivity index (χ0) is 30.6. The van der Waals surface area contributed by atoms with Crippen molar-refractivity contribution >= 4 is 11.9 Å². The van der Waals surface area contributed by atoms with Gasteiger partial charge in [-0.25, -0.2) is 0 Å². The molecule has 1 atom stereocenters. The Bertz CT molecular complexity index is 1430. The zero-order valence-corrected chi connectivity index (χ0v) is 25.3. The van der Waals surface area contributed by atoms with Crippen LogP contribution in [-0.2, 0) is 22.4 Å². The minimum absolute atomic E-state index is 0.1000. The van der Waals surface area contributed by atoms with E-state index in [9.17, 15) is 14.4 Å². The number of rotatable bonds is 17. The summed E-state index contributed by atoms with van der Waals surface area (Å²) in [6, 6.07) is 16.8. The molecule has 230 valence electrons. The Morgan fingerprint density at radius 2 is 1.72 bits per heavy atom. The summed E-state index contributed by atoms with van der Waals surface area (Å²) in [7, 11) is 0. The van der Waals surface area contributed by atoms with Crippen LogP contribution >= 0.6 is 0 Å².